The van der Waals surface area contributed by atoms with E-state index in [1.807, 2.05) is 31.2 Å². The van der Waals surface area contributed by atoms with Gasteiger partial charge in [-0.2, -0.15) is 4.98 Å². The van der Waals surface area contributed by atoms with Gasteiger partial charge in [-0.1, -0.05) is 34.7 Å². The highest BCUT2D eigenvalue weighted by molar-refractivity contribution is 7.18. The van der Waals surface area contributed by atoms with Crippen LogP contribution in [-0.2, 0) is 0 Å². The summed E-state index contributed by atoms with van der Waals surface area (Å²) in [7, 11) is 0. The van der Waals surface area contributed by atoms with Crippen LogP contribution in [0.2, 0.25) is 0 Å². The predicted molar refractivity (Wildman–Crippen MR) is 79.8 cm³/mol. The average Bonchev–Trinajstić information content (AvgIpc) is 3.16. The molecular formula is C14H10N4O2S. The Kier molecular flexibility index (Phi) is 2.55. The van der Waals surface area contributed by atoms with E-state index < -0.39 is 0 Å². The van der Waals surface area contributed by atoms with Gasteiger partial charge in [0.15, 0.2) is 5.13 Å². The summed E-state index contributed by atoms with van der Waals surface area (Å²) < 4.78 is 10.8. The van der Waals surface area contributed by atoms with E-state index in [1.165, 1.54) is 11.3 Å². The van der Waals surface area contributed by atoms with E-state index in [0.717, 1.165) is 27.1 Å². The second-order valence-electron chi connectivity index (χ2n) is 4.54. The summed E-state index contributed by atoms with van der Waals surface area (Å²) in [5.41, 5.74) is 8.07. The molecule has 0 bridgehead atoms. The molecule has 4 rings (SSSR count). The fourth-order valence-electron chi connectivity index (χ4n) is 2.19. The van der Waals surface area contributed by atoms with Gasteiger partial charge in [-0.3, -0.25) is 0 Å². The van der Waals surface area contributed by atoms with Gasteiger partial charge in [0.05, 0.1) is 11.3 Å². The van der Waals surface area contributed by atoms with Crippen LogP contribution in [0.5, 0.6) is 0 Å². The number of thiazole rings is 1. The number of hydrogen-bond donors (Lipinski definition) is 1. The number of fused-ring (bicyclic) bond motifs is 1. The number of furan rings is 1. The summed E-state index contributed by atoms with van der Waals surface area (Å²) in [6.45, 7) is 1.86. The Morgan fingerprint density at radius 2 is 2.05 bits per heavy atom. The standard InChI is InChI=1S/C14H10N4O2S/c1-7-11(21-14(15)16-7)13-17-12(18-20-13)9-6-19-10-5-3-2-4-8(9)10/h2-6H,1H3,(H2,15,16). The van der Waals surface area contributed by atoms with Crippen LogP contribution in [0.3, 0.4) is 0 Å². The monoisotopic (exact) mass is 298 g/mol. The van der Waals surface area contributed by atoms with Crippen molar-refractivity contribution in [1.82, 2.24) is 15.1 Å². The molecule has 7 heteroatoms. The van der Waals surface area contributed by atoms with Crippen molar-refractivity contribution in [3.8, 4) is 22.2 Å². The number of nitrogens with zero attached hydrogens (tertiary/aromatic N) is 3. The van der Waals surface area contributed by atoms with Crippen molar-refractivity contribution in [2.24, 2.45) is 0 Å². The Hall–Kier alpha value is -2.67. The molecule has 2 N–H and O–H groups in total. The highest BCUT2D eigenvalue weighted by Gasteiger charge is 2.18. The first-order valence-electron chi connectivity index (χ1n) is 6.26. The molecule has 21 heavy (non-hydrogen) atoms. The van der Waals surface area contributed by atoms with Gasteiger partial charge in [0, 0.05) is 5.39 Å². The molecule has 3 aromatic heterocycles. The first kappa shape index (κ1) is 12.1. The maximum absolute atomic E-state index is 5.70. The lowest BCUT2D eigenvalue weighted by molar-refractivity contribution is 0.433. The Balaban J connectivity index is 1.83. The second-order valence-corrected chi connectivity index (χ2v) is 5.57. The zero-order valence-corrected chi connectivity index (χ0v) is 11.8. The third-order valence-electron chi connectivity index (χ3n) is 3.16. The zero-order chi connectivity index (χ0) is 14.4. The molecule has 0 amide bonds. The number of hydrogen-bond acceptors (Lipinski definition) is 7. The van der Waals surface area contributed by atoms with E-state index >= 15 is 0 Å². The van der Waals surface area contributed by atoms with Crippen molar-refractivity contribution >= 4 is 27.4 Å². The minimum atomic E-state index is 0.419. The van der Waals surface area contributed by atoms with Crippen molar-refractivity contribution < 1.29 is 8.94 Å². The zero-order valence-electron chi connectivity index (χ0n) is 11.0. The Morgan fingerprint density at radius 3 is 2.86 bits per heavy atom. The predicted octanol–water partition coefficient (Wildman–Crippen LogP) is 3.50. The lowest BCUT2D eigenvalue weighted by Gasteiger charge is -1.89. The number of rotatable bonds is 2. The van der Waals surface area contributed by atoms with Crippen molar-refractivity contribution in [2.75, 3.05) is 5.73 Å². The summed E-state index contributed by atoms with van der Waals surface area (Å²) in [5, 5.41) is 5.46. The molecule has 0 saturated carbocycles. The van der Waals surface area contributed by atoms with Crippen LogP contribution in [-0.4, -0.2) is 15.1 Å². The SMILES string of the molecule is Cc1nc(N)sc1-c1nc(-c2coc3ccccc23)no1. The molecule has 0 spiro atoms. The normalized spacial score (nSPS) is 11.3. The number of nitrogens with two attached hydrogens (primary N) is 1. The van der Waals surface area contributed by atoms with Gasteiger partial charge < -0.3 is 14.7 Å². The molecule has 0 atom stereocenters. The molecule has 6 nitrogen and oxygen atoms in total. The summed E-state index contributed by atoms with van der Waals surface area (Å²) in [6.07, 6.45) is 1.63. The fourth-order valence-corrected chi connectivity index (χ4v) is 2.95. The van der Waals surface area contributed by atoms with E-state index in [1.54, 1.807) is 6.26 Å². The second kappa shape index (κ2) is 4.42. The summed E-state index contributed by atoms with van der Waals surface area (Å²) in [5.74, 6) is 0.906. The molecule has 0 radical (unpaired) electrons. The van der Waals surface area contributed by atoms with Gasteiger partial charge in [0.1, 0.15) is 16.7 Å². The van der Waals surface area contributed by atoms with Crippen LogP contribution in [0.1, 0.15) is 5.69 Å². The lowest BCUT2D eigenvalue weighted by atomic mass is 10.2. The van der Waals surface area contributed by atoms with E-state index in [2.05, 4.69) is 15.1 Å². The molecule has 0 fully saturated rings. The van der Waals surface area contributed by atoms with Crippen LogP contribution in [0, 0.1) is 6.92 Å². The number of anilines is 1. The molecule has 1 aromatic carbocycles. The molecule has 0 aliphatic rings. The number of aromatic nitrogens is 3. The summed E-state index contributed by atoms with van der Waals surface area (Å²) in [4.78, 5) is 9.37. The molecule has 0 aliphatic carbocycles. The van der Waals surface area contributed by atoms with Crippen molar-refractivity contribution in [3.63, 3.8) is 0 Å². The molecule has 0 saturated heterocycles. The largest absolute Gasteiger partial charge is 0.464 e. The Morgan fingerprint density at radius 1 is 1.19 bits per heavy atom. The number of benzene rings is 1. The minimum Gasteiger partial charge on any atom is -0.464 e. The number of para-hydroxylation sites is 1. The molecule has 0 unspecified atom stereocenters. The van der Waals surface area contributed by atoms with Crippen LogP contribution in [0.4, 0.5) is 5.13 Å². The van der Waals surface area contributed by atoms with E-state index in [0.29, 0.717) is 16.8 Å². The highest BCUT2D eigenvalue weighted by Crippen LogP contribution is 2.33. The van der Waals surface area contributed by atoms with Crippen LogP contribution >= 0.6 is 11.3 Å². The van der Waals surface area contributed by atoms with Gasteiger partial charge in [-0.15, -0.1) is 0 Å². The van der Waals surface area contributed by atoms with Crippen LogP contribution in [0.15, 0.2) is 39.5 Å². The van der Waals surface area contributed by atoms with Crippen molar-refractivity contribution in [2.45, 2.75) is 6.92 Å². The van der Waals surface area contributed by atoms with Gasteiger partial charge >= 0.3 is 0 Å². The first-order chi connectivity index (χ1) is 10.2. The van der Waals surface area contributed by atoms with Gasteiger partial charge in [0.25, 0.3) is 5.89 Å². The minimum absolute atomic E-state index is 0.419. The summed E-state index contributed by atoms with van der Waals surface area (Å²) >= 11 is 1.33. The molecule has 3 heterocycles. The van der Waals surface area contributed by atoms with E-state index in [4.69, 9.17) is 14.7 Å². The van der Waals surface area contributed by atoms with Crippen LogP contribution < -0.4 is 5.73 Å². The quantitative estimate of drug-likeness (QED) is 0.609. The molecule has 104 valence electrons. The third kappa shape index (κ3) is 1.90. The number of nitrogen functional groups attached to an aromatic ring is 1. The maximum atomic E-state index is 5.70. The summed E-state index contributed by atoms with van der Waals surface area (Å²) in [6, 6.07) is 7.71. The maximum Gasteiger partial charge on any atom is 0.270 e. The Bertz CT molecular complexity index is 937. The van der Waals surface area contributed by atoms with Gasteiger partial charge in [-0.25, -0.2) is 4.98 Å². The number of aryl methyl sites for hydroxylation is 1. The third-order valence-corrected chi connectivity index (χ3v) is 4.13. The Labute approximate surface area is 123 Å². The van der Waals surface area contributed by atoms with Crippen LogP contribution in [0.25, 0.3) is 33.1 Å². The molecule has 0 aliphatic heterocycles. The topological polar surface area (TPSA) is 91.0 Å². The van der Waals surface area contributed by atoms with E-state index in [9.17, 15) is 0 Å². The molecule has 4 aromatic rings. The van der Waals surface area contributed by atoms with Crippen molar-refractivity contribution in [3.05, 3.63) is 36.2 Å². The average molecular weight is 298 g/mol. The van der Waals surface area contributed by atoms with E-state index in [-0.39, 0.29) is 0 Å². The first-order valence-corrected chi connectivity index (χ1v) is 7.07. The highest BCUT2D eigenvalue weighted by atomic mass is 32.1. The van der Waals surface area contributed by atoms with Gasteiger partial charge in [-0.05, 0) is 13.0 Å². The lowest BCUT2D eigenvalue weighted by Crippen LogP contribution is -1.81. The molecular weight excluding hydrogens is 288 g/mol. The van der Waals surface area contributed by atoms with Gasteiger partial charge in [0.2, 0.25) is 5.82 Å². The fraction of sp³-hybridized carbons (Fsp3) is 0.0714. The smallest absolute Gasteiger partial charge is 0.270 e. The van der Waals surface area contributed by atoms with Crippen molar-refractivity contribution in [1.29, 1.82) is 0 Å².